The fraction of sp³-hybridized carbons (Fsp3) is 0. The van der Waals surface area contributed by atoms with Crippen molar-refractivity contribution in [2.75, 3.05) is 0 Å². The van der Waals surface area contributed by atoms with Gasteiger partial charge in [0.25, 0.3) is 0 Å². The van der Waals surface area contributed by atoms with E-state index in [4.69, 9.17) is 0 Å². The molecule has 0 atom stereocenters. The van der Waals surface area contributed by atoms with Gasteiger partial charge in [0.15, 0.2) is 0 Å². The van der Waals surface area contributed by atoms with Crippen molar-refractivity contribution < 1.29 is 0 Å². The van der Waals surface area contributed by atoms with Gasteiger partial charge >= 0.3 is 0 Å². The molecule has 1 heterocycles. The molecule has 0 saturated carbocycles. The molecule has 0 fully saturated rings. The third-order valence-electron chi connectivity index (χ3n) is 0.386. The normalized spacial score (nSPS) is 10.3. The Bertz CT molecular complexity index is 211. The van der Waals surface area contributed by atoms with Crippen LogP contribution >= 0.6 is 0 Å². The lowest BCUT2D eigenvalue weighted by molar-refractivity contribution is 1.66. The lowest BCUT2D eigenvalue weighted by atomic mass is 10.7. The van der Waals surface area contributed by atoms with Crippen molar-refractivity contribution in [2.45, 2.75) is 0 Å². The fourth-order valence-corrected chi connectivity index (χ4v) is 0.187. The summed E-state index contributed by atoms with van der Waals surface area (Å²) in [6.45, 7) is 0. The van der Waals surface area contributed by atoms with E-state index in [1.165, 1.54) is 0 Å². The Kier molecular flexibility index (Phi) is 0.958. The largest absolute Gasteiger partial charge is 0.132 e. The highest BCUT2D eigenvalue weighted by atomic mass is 14.8. The number of rotatable bonds is 0. The SMILES string of the molecule is C1=NC#CC#CN=1. The molecule has 0 unspecified atom stereocenters. The standard InChI is InChI=1S/C5N2/c1-2-4-7-5-6-3-1. The average molecular weight is 88.1 g/mol. The zero-order valence-electron chi connectivity index (χ0n) is 3.39. The molecule has 30 valence electrons. The molecule has 0 aromatic heterocycles. The van der Waals surface area contributed by atoms with E-state index in [9.17, 15) is 0 Å². The van der Waals surface area contributed by atoms with E-state index in [0.29, 0.717) is 0 Å². The lowest BCUT2D eigenvalue weighted by Gasteiger charge is -1.47. The number of nitrogens with zero attached hydrogens (tertiary/aromatic N) is 2. The van der Waals surface area contributed by atoms with Gasteiger partial charge in [0, 0.05) is 11.8 Å². The predicted molar refractivity (Wildman–Crippen MR) is 25.4 cm³/mol. The highest BCUT2D eigenvalue weighted by Crippen LogP contribution is 1.63. The van der Waals surface area contributed by atoms with Crippen LogP contribution < -0.4 is 0 Å². The molecular formula is C5N2. The van der Waals surface area contributed by atoms with Gasteiger partial charge in [-0.05, 0) is 0 Å². The van der Waals surface area contributed by atoms with E-state index < -0.39 is 0 Å². The van der Waals surface area contributed by atoms with Crippen molar-refractivity contribution in [2.24, 2.45) is 9.98 Å². The Labute approximate surface area is 41.0 Å². The first kappa shape index (κ1) is 3.68. The van der Waals surface area contributed by atoms with Crippen LogP contribution in [0, 0.1) is 23.9 Å². The van der Waals surface area contributed by atoms with Crippen molar-refractivity contribution >= 4 is 6.01 Å². The lowest BCUT2D eigenvalue weighted by Crippen LogP contribution is -1.44. The molecule has 0 aromatic rings. The van der Waals surface area contributed by atoms with Crippen molar-refractivity contribution in [1.82, 2.24) is 0 Å². The zero-order chi connectivity index (χ0) is 4.95. The maximum atomic E-state index is 3.37. The summed E-state index contributed by atoms with van der Waals surface area (Å²) in [6, 6.07) is 6.94. The van der Waals surface area contributed by atoms with E-state index >= 15 is 0 Å². The molecule has 0 N–H and O–H groups in total. The summed E-state index contributed by atoms with van der Waals surface area (Å²) in [4.78, 5) is 6.74. The molecule has 0 amide bonds. The van der Waals surface area contributed by atoms with Crippen LogP contribution in [-0.4, -0.2) is 6.01 Å². The van der Waals surface area contributed by atoms with E-state index in [2.05, 4.69) is 39.9 Å². The first-order valence-corrected chi connectivity index (χ1v) is 1.64. The summed E-state index contributed by atoms with van der Waals surface area (Å²) in [5.74, 6) is 4.83. The van der Waals surface area contributed by atoms with Gasteiger partial charge in [-0.3, -0.25) is 0 Å². The first-order valence-electron chi connectivity index (χ1n) is 1.64. The van der Waals surface area contributed by atoms with Crippen LogP contribution in [0.1, 0.15) is 0 Å². The molecule has 2 heteroatoms. The minimum absolute atomic E-state index is 2.25. The fourth-order valence-electron chi connectivity index (χ4n) is 0.187. The van der Waals surface area contributed by atoms with Gasteiger partial charge in [-0.15, -0.1) is 9.98 Å². The quantitative estimate of drug-likeness (QED) is 0.375. The van der Waals surface area contributed by atoms with Crippen LogP contribution in [0.15, 0.2) is 9.98 Å². The molecule has 0 radical (unpaired) electrons. The highest BCUT2D eigenvalue weighted by Gasteiger charge is 1.60. The Hall–Kier alpha value is -1.50. The van der Waals surface area contributed by atoms with Gasteiger partial charge in [-0.25, -0.2) is 0 Å². The average Bonchev–Trinajstić information content (AvgIpc) is 1.90. The van der Waals surface area contributed by atoms with Gasteiger partial charge in [0.05, 0.1) is 12.1 Å². The topological polar surface area (TPSA) is 24.7 Å². The van der Waals surface area contributed by atoms with E-state index in [0.717, 1.165) is 0 Å². The first-order chi connectivity index (χ1) is 3.50. The van der Waals surface area contributed by atoms with Gasteiger partial charge in [0.1, 0.15) is 6.01 Å². The van der Waals surface area contributed by atoms with E-state index in [1.54, 1.807) is 0 Å². The van der Waals surface area contributed by atoms with Gasteiger partial charge in [0.2, 0.25) is 0 Å². The van der Waals surface area contributed by atoms with Crippen LogP contribution in [0.3, 0.4) is 0 Å². The van der Waals surface area contributed by atoms with Crippen molar-refractivity contribution in [3.8, 4) is 23.9 Å². The molecule has 0 spiro atoms. The second kappa shape index (κ2) is 1.82. The maximum absolute atomic E-state index is 3.37. The summed E-state index contributed by atoms with van der Waals surface area (Å²) < 4.78 is 0. The van der Waals surface area contributed by atoms with Crippen molar-refractivity contribution in [3.63, 3.8) is 0 Å². The third kappa shape index (κ3) is 0.930. The van der Waals surface area contributed by atoms with E-state index in [-0.39, 0.29) is 0 Å². The molecule has 1 aliphatic heterocycles. The molecule has 2 nitrogen and oxygen atoms in total. The summed E-state index contributed by atoms with van der Waals surface area (Å²) in [5, 5.41) is 0. The summed E-state index contributed by atoms with van der Waals surface area (Å²) >= 11 is 0. The van der Waals surface area contributed by atoms with Crippen molar-refractivity contribution in [1.29, 1.82) is 0 Å². The monoisotopic (exact) mass is 88.0 g/mol. The van der Waals surface area contributed by atoms with Crippen LogP contribution in [0.5, 0.6) is 0 Å². The molecule has 0 bridgehead atoms. The van der Waals surface area contributed by atoms with Crippen LogP contribution in [0.25, 0.3) is 0 Å². The molecule has 0 aromatic carbocycles. The van der Waals surface area contributed by atoms with Crippen LogP contribution in [0.2, 0.25) is 0 Å². The zero-order valence-corrected chi connectivity index (χ0v) is 3.39. The van der Waals surface area contributed by atoms with Crippen LogP contribution in [-0.2, 0) is 0 Å². The maximum Gasteiger partial charge on any atom is 0.119 e. The van der Waals surface area contributed by atoms with Crippen LogP contribution in [0.4, 0.5) is 0 Å². The molecule has 1 aliphatic rings. The minimum atomic E-state index is 2.25. The van der Waals surface area contributed by atoms with Gasteiger partial charge in [-0.1, -0.05) is 0 Å². The molecule has 0 aliphatic carbocycles. The second-order valence-electron chi connectivity index (χ2n) is 0.797. The summed E-state index contributed by atoms with van der Waals surface area (Å²) in [7, 11) is 0. The molecular weight excluding hydrogens is 88.1 g/mol. The Morgan fingerprint density at radius 3 is 2.00 bits per heavy atom. The third-order valence-corrected chi connectivity index (χ3v) is 0.386. The van der Waals surface area contributed by atoms with Gasteiger partial charge < -0.3 is 0 Å². The number of hydrogen-bond donors (Lipinski definition) is 0. The highest BCUT2D eigenvalue weighted by molar-refractivity contribution is 5.49. The Morgan fingerprint density at radius 1 is 0.857 bits per heavy atom. The summed E-state index contributed by atoms with van der Waals surface area (Å²) in [6.07, 6.45) is 0. The smallest absolute Gasteiger partial charge is 0.119 e. The Morgan fingerprint density at radius 2 is 1.43 bits per heavy atom. The molecule has 7 heavy (non-hydrogen) atoms. The molecule has 0 saturated heterocycles. The number of hydrogen-bond acceptors (Lipinski definition) is 2. The van der Waals surface area contributed by atoms with Gasteiger partial charge in [-0.2, -0.15) is 0 Å². The van der Waals surface area contributed by atoms with Crippen molar-refractivity contribution in [3.05, 3.63) is 0 Å². The predicted octanol–water partition coefficient (Wildman–Crippen LogP) is 0.0957. The summed E-state index contributed by atoms with van der Waals surface area (Å²) in [5.41, 5.74) is 0. The second-order valence-corrected chi connectivity index (χ2v) is 0.797. The molecule has 1 rings (SSSR count). The minimum Gasteiger partial charge on any atom is -0.132 e. The van der Waals surface area contributed by atoms with E-state index in [1.807, 2.05) is 0 Å². The Balaban J connectivity index is 3.06. The number of aliphatic imine (C=N–C) groups is 2.